The average molecular weight is 426 g/mol. The van der Waals surface area contributed by atoms with E-state index in [-0.39, 0.29) is 17.5 Å². The Morgan fingerprint density at radius 3 is 2.81 bits per heavy atom. The molecule has 1 unspecified atom stereocenters. The summed E-state index contributed by atoms with van der Waals surface area (Å²) in [4.78, 5) is 19.5. The zero-order valence-electron chi connectivity index (χ0n) is 16.2. The second-order valence-corrected chi connectivity index (χ2v) is 7.54. The number of nitrogens with one attached hydrogen (secondary N) is 1. The van der Waals surface area contributed by atoms with Crippen LogP contribution < -0.4 is 10.1 Å². The van der Waals surface area contributed by atoms with Gasteiger partial charge in [-0.25, -0.2) is 4.98 Å². The fourth-order valence-corrected chi connectivity index (χ4v) is 3.72. The topological polar surface area (TPSA) is 68.5 Å². The molecule has 1 amide bonds. The Balaban J connectivity index is 1.52. The summed E-state index contributed by atoms with van der Waals surface area (Å²) in [6.07, 6.45) is 0.167. The zero-order chi connectivity index (χ0) is 21.6. The quantitative estimate of drug-likeness (QED) is 0.534. The number of halogens is 3. The SMILES string of the molecule is O=C1CC(COc2cc(-c3ccc4nc(C(F)(F)F)cn4c3)cc3ncccc23)CN1. The third-order valence-electron chi connectivity index (χ3n) is 5.29. The molecule has 0 aliphatic carbocycles. The molecule has 1 aromatic carbocycles. The monoisotopic (exact) mass is 426 g/mol. The van der Waals surface area contributed by atoms with Gasteiger partial charge in [-0.05, 0) is 47.5 Å². The molecule has 158 valence electrons. The van der Waals surface area contributed by atoms with Gasteiger partial charge in [0, 0.05) is 42.9 Å². The number of amides is 1. The van der Waals surface area contributed by atoms with Gasteiger partial charge in [-0.2, -0.15) is 13.2 Å². The first-order valence-corrected chi connectivity index (χ1v) is 9.71. The number of benzene rings is 1. The number of alkyl halides is 3. The van der Waals surface area contributed by atoms with E-state index in [1.54, 1.807) is 24.5 Å². The molecule has 4 heterocycles. The van der Waals surface area contributed by atoms with Crippen molar-refractivity contribution in [3.63, 3.8) is 0 Å². The van der Waals surface area contributed by atoms with Crippen molar-refractivity contribution >= 4 is 22.5 Å². The minimum atomic E-state index is -4.50. The molecule has 31 heavy (non-hydrogen) atoms. The number of aromatic nitrogens is 3. The molecule has 3 aromatic heterocycles. The second-order valence-electron chi connectivity index (χ2n) is 7.54. The van der Waals surface area contributed by atoms with Gasteiger partial charge in [0.25, 0.3) is 0 Å². The Hall–Kier alpha value is -3.62. The van der Waals surface area contributed by atoms with Crippen molar-refractivity contribution in [3.8, 4) is 16.9 Å². The highest BCUT2D eigenvalue weighted by Gasteiger charge is 2.33. The van der Waals surface area contributed by atoms with Crippen molar-refractivity contribution in [2.75, 3.05) is 13.2 Å². The van der Waals surface area contributed by atoms with E-state index < -0.39 is 11.9 Å². The highest BCUT2D eigenvalue weighted by molar-refractivity contribution is 5.90. The fourth-order valence-electron chi connectivity index (χ4n) is 3.72. The maximum absolute atomic E-state index is 13.0. The Kier molecular flexibility index (Phi) is 4.53. The summed E-state index contributed by atoms with van der Waals surface area (Å²) >= 11 is 0. The minimum absolute atomic E-state index is 0.0146. The first kappa shape index (κ1) is 19.3. The van der Waals surface area contributed by atoms with Crippen LogP contribution in [-0.2, 0) is 11.0 Å². The van der Waals surface area contributed by atoms with Crippen molar-refractivity contribution < 1.29 is 22.7 Å². The number of ether oxygens (including phenoxy) is 1. The van der Waals surface area contributed by atoms with Gasteiger partial charge in [0.1, 0.15) is 11.4 Å². The standard InChI is InChI=1S/C22H17F3N4O2/c23-22(24,25)19-11-29-10-14(3-4-20(29)28-19)15-7-17-16(2-1-5-26-17)18(8-15)31-12-13-6-21(30)27-9-13/h1-5,7-8,10-11,13H,6,9,12H2,(H,27,30). The molecule has 0 saturated carbocycles. The van der Waals surface area contributed by atoms with E-state index in [9.17, 15) is 18.0 Å². The molecule has 0 radical (unpaired) electrons. The Morgan fingerprint density at radius 2 is 2.03 bits per heavy atom. The highest BCUT2D eigenvalue weighted by atomic mass is 19.4. The average Bonchev–Trinajstić information content (AvgIpc) is 3.37. The number of imidazole rings is 1. The number of rotatable bonds is 4. The molecule has 1 atom stereocenters. The highest BCUT2D eigenvalue weighted by Crippen LogP contribution is 2.33. The van der Waals surface area contributed by atoms with E-state index in [0.717, 1.165) is 17.1 Å². The fraction of sp³-hybridized carbons (Fsp3) is 0.227. The van der Waals surface area contributed by atoms with Crippen LogP contribution in [0.25, 0.3) is 27.7 Å². The summed E-state index contributed by atoms with van der Waals surface area (Å²) in [5, 5.41) is 3.62. The largest absolute Gasteiger partial charge is 0.492 e. The van der Waals surface area contributed by atoms with Crippen LogP contribution in [0, 0.1) is 5.92 Å². The molecular formula is C22H17F3N4O2. The van der Waals surface area contributed by atoms with Gasteiger partial charge in [-0.15, -0.1) is 0 Å². The molecule has 5 rings (SSSR count). The first-order chi connectivity index (χ1) is 14.9. The number of hydrogen-bond acceptors (Lipinski definition) is 4. The van der Waals surface area contributed by atoms with Crippen LogP contribution in [0.5, 0.6) is 5.75 Å². The number of pyridine rings is 2. The van der Waals surface area contributed by atoms with Gasteiger partial charge < -0.3 is 14.5 Å². The second kappa shape index (κ2) is 7.26. The molecule has 9 heteroatoms. The Bertz CT molecular complexity index is 1300. The van der Waals surface area contributed by atoms with Gasteiger partial charge in [0.2, 0.25) is 5.91 Å². The lowest BCUT2D eigenvalue weighted by atomic mass is 10.0. The lowest BCUT2D eigenvalue weighted by Gasteiger charge is -2.14. The van der Waals surface area contributed by atoms with Gasteiger partial charge in [0.05, 0.1) is 12.1 Å². The van der Waals surface area contributed by atoms with Crippen LogP contribution in [0.4, 0.5) is 13.2 Å². The van der Waals surface area contributed by atoms with Crippen LogP contribution in [-0.4, -0.2) is 33.4 Å². The molecule has 1 N–H and O–H groups in total. The van der Waals surface area contributed by atoms with Crippen LogP contribution in [0.2, 0.25) is 0 Å². The van der Waals surface area contributed by atoms with Gasteiger partial charge in [-0.3, -0.25) is 9.78 Å². The summed E-state index contributed by atoms with van der Waals surface area (Å²) in [5.41, 5.74) is 1.44. The van der Waals surface area contributed by atoms with Gasteiger partial charge in [0.15, 0.2) is 5.69 Å². The molecule has 1 aliphatic heterocycles. The van der Waals surface area contributed by atoms with Crippen LogP contribution in [0.3, 0.4) is 0 Å². The van der Waals surface area contributed by atoms with Crippen molar-refractivity contribution in [2.24, 2.45) is 5.92 Å². The zero-order valence-corrected chi connectivity index (χ0v) is 16.2. The lowest BCUT2D eigenvalue weighted by molar-refractivity contribution is -0.140. The molecule has 1 saturated heterocycles. The Morgan fingerprint density at radius 1 is 1.16 bits per heavy atom. The van der Waals surface area contributed by atoms with Gasteiger partial charge in [-0.1, -0.05) is 0 Å². The third kappa shape index (κ3) is 3.78. The van der Waals surface area contributed by atoms with Crippen molar-refractivity contribution in [1.82, 2.24) is 19.7 Å². The van der Waals surface area contributed by atoms with Crippen LogP contribution >= 0.6 is 0 Å². The van der Waals surface area contributed by atoms with E-state index in [1.807, 2.05) is 24.3 Å². The summed E-state index contributed by atoms with van der Waals surface area (Å²) < 4.78 is 46.4. The normalized spacial score (nSPS) is 16.7. The molecule has 1 aliphatic rings. The summed E-state index contributed by atoms with van der Waals surface area (Å²) in [6.45, 7) is 0.954. The van der Waals surface area contributed by atoms with E-state index >= 15 is 0 Å². The molecular weight excluding hydrogens is 409 g/mol. The maximum Gasteiger partial charge on any atom is 0.434 e. The van der Waals surface area contributed by atoms with E-state index in [4.69, 9.17) is 4.74 Å². The van der Waals surface area contributed by atoms with Crippen molar-refractivity contribution in [2.45, 2.75) is 12.6 Å². The van der Waals surface area contributed by atoms with Crippen molar-refractivity contribution in [1.29, 1.82) is 0 Å². The molecule has 0 bridgehead atoms. The molecule has 1 fully saturated rings. The number of nitrogens with zero attached hydrogens (tertiary/aromatic N) is 3. The number of hydrogen-bond donors (Lipinski definition) is 1. The van der Waals surface area contributed by atoms with Gasteiger partial charge >= 0.3 is 6.18 Å². The number of carbonyl (C=O) groups is 1. The first-order valence-electron chi connectivity index (χ1n) is 9.71. The summed E-state index contributed by atoms with van der Waals surface area (Å²) in [7, 11) is 0. The minimum Gasteiger partial charge on any atom is -0.492 e. The summed E-state index contributed by atoms with van der Waals surface area (Å²) in [5.74, 6) is 0.716. The summed E-state index contributed by atoms with van der Waals surface area (Å²) in [6, 6.07) is 10.7. The maximum atomic E-state index is 13.0. The van der Waals surface area contributed by atoms with Crippen LogP contribution in [0.1, 0.15) is 12.1 Å². The molecule has 4 aromatic rings. The van der Waals surface area contributed by atoms with E-state index in [2.05, 4.69) is 15.3 Å². The lowest BCUT2D eigenvalue weighted by Crippen LogP contribution is -2.16. The Labute approximate surface area is 174 Å². The third-order valence-corrected chi connectivity index (χ3v) is 5.29. The molecule has 0 spiro atoms. The van der Waals surface area contributed by atoms with Crippen LogP contribution in [0.15, 0.2) is 55.0 Å². The van der Waals surface area contributed by atoms with Crippen molar-refractivity contribution in [3.05, 3.63) is 60.7 Å². The number of fused-ring (bicyclic) bond motifs is 2. The molecule has 6 nitrogen and oxygen atoms in total. The van der Waals surface area contributed by atoms with E-state index in [1.165, 1.54) is 4.40 Å². The number of carbonyl (C=O) groups excluding carboxylic acids is 1. The van der Waals surface area contributed by atoms with E-state index in [0.29, 0.717) is 36.4 Å². The predicted octanol–water partition coefficient (Wildman–Crippen LogP) is 4.08. The predicted molar refractivity (Wildman–Crippen MR) is 108 cm³/mol. The smallest absolute Gasteiger partial charge is 0.434 e.